The third kappa shape index (κ3) is 6.33. The second-order valence-corrected chi connectivity index (χ2v) is 6.85. The van der Waals surface area contributed by atoms with Gasteiger partial charge in [0.2, 0.25) is 10.0 Å². The van der Waals surface area contributed by atoms with Crippen LogP contribution in [0.3, 0.4) is 0 Å². The summed E-state index contributed by atoms with van der Waals surface area (Å²) in [6.07, 6.45) is 0.302. The summed E-state index contributed by atoms with van der Waals surface area (Å²) in [4.78, 5) is 0. The number of nitrogens with one attached hydrogen (secondary N) is 1. The number of sulfonamides is 1. The molecule has 0 saturated heterocycles. The van der Waals surface area contributed by atoms with E-state index in [1.807, 2.05) is 0 Å². The van der Waals surface area contributed by atoms with Crippen molar-refractivity contribution in [2.75, 3.05) is 12.4 Å². The van der Waals surface area contributed by atoms with E-state index in [0.717, 1.165) is 0 Å². The molecule has 0 aliphatic rings. The third-order valence-corrected chi connectivity index (χ3v) is 4.46. The largest absolute Gasteiger partial charge is 0.494 e. The van der Waals surface area contributed by atoms with Gasteiger partial charge in [-0.25, -0.2) is 21.9 Å². The topological polar surface area (TPSA) is 55.4 Å². The van der Waals surface area contributed by atoms with Gasteiger partial charge in [0.15, 0.2) is 0 Å². The molecule has 0 heterocycles. The Hall–Kier alpha value is -1.99. The lowest BCUT2D eigenvalue weighted by atomic mass is 10.2. The van der Waals surface area contributed by atoms with E-state index in [1.165, 1.54) is 48.5 Å². The quantitative estimate of drug-likeness (QED) is 0.751. The van der Waals surface area contributed by atoms with E-state index in [9.17, 15) is 17.2 Å². The fraction of sp³-hybridized carbons (Fsp3) is 0.250. The van der Waals surface area contributed by atoms with Crippen LogP contribution in [0.2, 0.25) is 0 Å². The van der Waals surface area contributed by atoms with Gasteiger partial charge in [-0.3, -0.25) is 0 Å². The normalized spacial score (nSPS) is 11.4. The first-order valence-corrected chi connectivity index (χ1v) is 8.70. The predicted octanol–water partition coefficient (Wildman–Crippen LogP) is 2.85. The van der Waals surface area contributed by atoms with Gasteiger partial charge >= 0.3 is 0 Å². The zero-order valence-corrected chi connectivity index (χ0v) is 13.2. The van der Waals surface area contributed by atoms with E-state index in [2.05, 4.69) is 4.72 Å². The van der Waals surface area contributed by atoms with Gasteiger partial charge in [-0.15, -0.1) is 0 Å². The standard InChI is InChI=1S/C16H17F2NO3S/c17-14-4-2-13(3-5-14)12-19-23(20,21)11-1-10-22-16-8-6-15(18)7-9-16/h2-9,19H,1,10-12H2. The molecule has 4 nitrogen and oxygen atoms in total. The summed E-state index contributed by atoms with van der Waals surface area (Å²) in [6.45, 7) is 0.324. The lowest BCUT2D eigenvalue weighted by Crippen LogP contribution is -2.26. The molecule has 0 aromatic heterocycles. The summed E-state index contributed by atoms with van der Waals surface area (Å²) in [5.41, 5.74) is 0.678. The molecule has 0 spiro atoms. The number of hydrogen-bond donors (Lipinski definition) is 1. The van der Waals surface area contributed by atoms with Gasteiger partial charge in [-0.05, 0) is 48.4 Å². The van der Waals surface area contributed by atoms with E-state index in [1.54, 1.807) is 0 Å². The second-order valence-electron chi connectivity index (χ2n) is 4.92. The Kier molecular flexibility index (Phi) is 6.06. The van der Waals surface area contributed by atoms with Crippen LogP contribution in [0.5, 0.6) is 5.75 Å². The van der Waals surface area contributed by atoms with Crippen LogP contribution in [0, 0.1) is 11.6 Å². The summed E-state index contributed by atoms with van der Waals surface area (Å²) >= 11 is 0. The molecule has 0 radical (unpaired) electrons. The minimum Gasteiger partial charge on any atom is -0.494 e. The Bertz CT molecular complexity index is 716. The van der Waals surface area contributed by atoms with Crippen molar-refractivity contribution >= 4 is 10.0 Å². The number of ether oxygens (including phenoxy) is 1. The molecule has 23 heavy (non-hydrogen) atoms. The smallest absolute Gasteiger partial charge is 0.212 e. The number of halogens is 2. The molecule has 0 atom stereocenters. The molecule has 2 rings (SSSR count). The molecule has 124 valence electrons. The highest BCUT2D eigenvalue weighted by Gasteiger charge is 2.10. The summed E-state index contributed by atoms with van der Waals surface area (Å²) in [6, 6.07) is 11.1. The lowest BCUT2D eigenvalue weighted by molar-refractivity contribution is 0.317. The van der Waals surface area contributed by atoms with E-state index >= 15 is 0 Å². The molecule has 0 bridgehead atoms. The van der Waals surface area contributed by atoms with E-state index in [-0.39, 0.29) is 30.5 Å². The highest BCUT2D eigenvalue weighted by molar-refractivity contribution is 7.89. The molecular weight excluding hydrogens is 324 g/mol. The Morgan fingerprint density at radius 3 is 2.09 bits per heavy atom. The number of rotatable bonds is 8. The van der Waals surface area contributed by atoms with Gasteiger partial charge in [0.1, 0.15) is 17.4 Å². The van der Waals surface area contributed by atoms with Gasteiger partial charge in [-0.2, -0.15) is 0 Å². The van der Waals surface area contributed by atoms with Crippen LogP contribution >= 0.6 is 0 Å². The SMILES string of the molecule is O=S(=O)(CCCOc1ccc(F)cc1)NCc1ccc(F)cc1. The van der Waals surface area contributed by atoms with E-state index in [4.69, 9.17) is 4.74 Å². The van der Waals surface area contributed by atoms with Crippen molar-refractivity contribution in [1.82, 2.24) is 4.72 Å². The number of benzene rings is 2. The molecule has 2 aromatic rings. The molecule has 2 aromatic carbocycles. The maximum atomic E-state index is 12.8. The lowest BCUT2D eigenvalue weighted by Gasteiger charge is -2.08. The summed E-state index contributed by atoms with van der Waals surface area (Å²) in [7, 11) is -3.43. The van der Waals surface area contributed by atoms with Gasteiger partial charge < -0.3 is 4.74 Å². The van der Waals surface area contributed by atoms with Crippen LogP contribution < -0.4 is 9.46 Å². The predicted molar refractivity (Wildman–Crippen MR) is 83.5 cm³/mol. The maximum Gasteiger partial charge on any atom is 0.212 e. The van der Waals surface area contributed by atoms with E-state index in [0.29, 0.717) is 17.7 Å². The van der Waals surface area contributed by atoms with Gasteiger partial charge in [0, 0.05) is 6.54 Å². The van der Waals surface area contributed by atoms with Crippen LogP contribution in [0.4, 0.5) is 8.78 Å². The van der Waals surface area contributed by atoms with Crippen LogP contribution in [-0.2, 0) is 16.6 Å². The van der Waals surface area contributed by atoms with Crippen LogP contribution in [0.1, 0.15) is 12.0 Å². The molecule has 0 aliphatic carbocycles. The minimum absolute atomic E-state index is 0.0879. The van der Waals surface area contributed by atoms with Crippen molar-refractivity contribution in [3.63, 3.8) is 0 Å². The fourth-order valence-electron chi connectivity index (χ4n) is 1.84. The Morgan fingerprint density at radius 1 is 0.913 bits per heavy atom. The fourth-order valence-corrected chi connectivity index (χ4v) is 2.87. The minimum atomic E-state index is -3.43. The molecule has 1 N–H and O–H groups in total. The molecule has 0 saturated carbocycles. The zero-order chi connectivity index (χ0) is 16.7. The number of hydrogen-bond acceptors (Lipinski definition) is 3. The average Bonchev–Trinajstić information content (AvgIpc) is 2.53. The zero-order valence-electron chi connectivity index (χ0n) is 12.3. The van der Waals surface area contributed by atoms with Gasteiger partial charge in [0.25, 0.3) is 0 Å². The molecule has 0 fully saturated rings. The first-order valence-electron chi connectivity index (χ1n) is 7.05. The maximum absolute atomic E-state index is 12.8. The molecule has 0 unspecified atom stereocenters. The van der Waals surface area contributed by atoms with E-state index < -0.39 is 10.0 Å². The van der Waals surface area contributed by atoms with Crippen molar-refractivity contribution in [3.05, 3.63) is 65.7 Å². The highest BCUT2D eigenvalue weighted by atomic mass is 32.2. The summed E-state index contributed by atoms with van der Waals surface area (Å²) < 4.78 is 56.9. The molecule has 0 aliphatic heterocycles. The average molecular weight is 341 g/mol. The van der Waals surface area contributed by atoms with Crippen molar-refractivity contribution in [3.8, 4) is 5.75 Å². The van der Waals surface area contributed by atoms with Crippen LogP contribution in [0.25, 0.3) is 0 Å². The monoisotopic (exact) mass is 341 g/mol. The molecular formula is C16H17F2NO3S. The van der Waals surface area contributed by atoms with Gasteiger partial charge in [0.05, 0.1) is 12.4 Å². The highest BCUT2D eigenvalue weighted by Crippen LogP contribution is 2.11. The van der Waals surface area contributed by atoms with Crippen molar-refractivity contribution in [2.45, 2.75) is 13.0 Å². The van der Waals surface area contributed by atoms with Crippen LogP contribution in [0.15, 0.2) is 48.5 Å². The summed E-state index contributed by atoms with van der Waals surface area (Å²) in [5.74, 6) is -0.322. The first kappa shape index (κ1) is 17.4. The van der Waals surface area contributed by atoms with Crippen LogP contribution in [-0.4, -0.2) is 20.8 Å². The third-order valence-electron chi connectivity index (χ3n) is 3.05. The van der Waals surface area contributed by atoms with Crippen molar-refractivity contribution < 1.29 is 21.9 Å². The Balaban J connectivity index is 1.71. The van der Waals surface area contributed by atoms with Crippen molar-refractivity contribution in [2.24, 2.45) is 0 Å². The Morgan fingerprint density at radius 2 is 1.48 bits per heavy atom. The summed E-state index contributed by atoms with van der Waals surface area (Å²) in [5, 5.41) is 0. The molecule has 0 amide bonds. The Labute approximate surface area is 134 Å². The second kappa shape index (κ2) is 8.03. The first-order chi connectivity index (χ1) is 10.9. The van der Waals surface area contributed by atoms with Gasteiger partial charge in [-0.1, -0.05) is 12.1 Å². The molecule has 7 heteroatoms. The van der Waals surface area contributed by atoms with Crippen molar-refractivity contribution in [1.29, 1.82) is 0 Å².